The van der Waals surface area contributed by atoms with Crippen LogP contribution in [0.2, 0.25) is 0 Å². The molecule has 1 saturated heterocycles. The Labute approximate surface area is 176 Å². The van der Waals surface area contributed by atoms with E-state index < -0.39 is 17.5 Å². The normalized spacial score (nSPS) is 30.4. The number of urea groups is 1. The van der Waals surface area contributed by atoms with Crippen molar-refractivity contribution in [2.24, 2.45) is 11.8 Å². The lowest BCUT2D eigenvalue weighted by Crippen LogP contribution is -2.49. The first-order valence-corrected chi connectivity index (χ1v) is 10.6. The van der Waals surface area contributed by atoms with Gasteiger partial charge in [-0.15, -0.1) is 0 Å². The van der Waals surface area contributed by atoms with Crippen LogP contribution in [-0.4, -0.2) is 47.7 Å². The molecule has 1 saturated carbocycles. The molecule has 0 aromatic heterocycles. The van der Waals surface area contributed by atoms with Crippen LogP contribution >= 0.6 is 0 Å². The molecule has 4 atom stereocenters. The Hall–Kier alpha value is -2.77. The average Bonchev–Trinajstić information content (AvgIpc) is 3.23. The average molecular weight is 415 g/mol. The molecular weight excluding hydrogens is 386 g/mol. The Bertz CT molecular complexity index is 872. The van der Waals surface area contributed by atoms with Gasteiger partial charge in [-0.2, -0.15) is 0 Å². The van der Waals surface area contributed by atoms with Crippen LogP contribution in [0.1, 0.15) is 45.6 Å². The van der Waals surface area contributed by atoms with Gasteiger partial charge in [-0.25, -0.2) is 4.79 Å². The van der Waals surface area contributed by atoms with E-state index in [1.807, 2.05) is 12.1 Å². The summed E-state index contributed by atoms with van der Waals surface area (Å²) >= 11 is 0. The quantitative estimate of drug-likeness (QED) is 0.719. The van der Waals surface area contributed by atoms with E-state index >= 15 is 0 Å². The van der Waals surface area contributed by atoms with Crippen LogP contribution in [0.3, 0.4) is 0 Å². The summed E-state index contributed by atoms with van der Waals surface area (Å²) < 4.78 is 10.7. The van der Waals surface area contributed by atoms with Crippen LogP contribution in [0.25, 0.3) is 0 Å². The SMILES string of the molecule is C[C@H]1[C@H](C)CCC[C@@H]1NC(=O)CN1C(=O)N[C@](C)(Cc2ccc3c(c2)OCO3)C1=O. The minimum Gasteiger partial charge on any atom is -0.454 e. The molecule has 8 heteroatoms. The summed E-state index contributed by atoms with van der Waals surface area (Å²) in [4.78, 5) is 39.1. The highest BCUT2D eigenvalue weighted by molar-refractivity contribution is 6.09. The van der Waals surface area contributed by atoms with E-state index in [2.05, 4.69) is 24.5 Å². The first-order chi connectivity index (χ1) is 14.3. The van der Waals surface area contributed by atoms with Crippen molar-refractivity contribution in [3.05, 3.63) is 23.8 Å². The third-order valence-corrected chi connectivity index (χ3v) is 6.69. The molecule has 2 aliphatic heterocycles. The molecule has 1 aliphatic carbocycles. The van der Waals surface area contributed by atoms with Gasteiger partial charge in [0.25, 0.3) is 5.91 Å². The van der Waals surface area contributed by atoms with Crippen molar-refractivity contribution in [2.45, 2.75) is 58.0 Å². The highest BCUT2D eigenvalue weighted by atomic mass is 16.7. The number of imide groups is 1. The van der Waals surface area contributed by atoms with Crippen LogP contribution in [0.15, 0.2) is 18.2 Å². The van der Waals surface area contributed by atoms with Gasteiger partial charge in [-0.05, 0) is 42.9 Å². The number of nitrogens with zero attached hydrogens (tertiary/aromatic N) is 1. The molecule has 4 amide bonds. The molecule has 0 bridgehead atoms. The molecule has 0 radical (unpaired) electrons. The summed E-state index contributed by atoms with van der Waals surface area (Å²) in [6.07, 6.45) is 3.47. The number of rotatable bonds is 5. The van der Waals surface area contributed by atoms with Crippen molar-refractivity contribution in [1.82, 2.24) is 15.5 Å². The van der Waals surface area contributed by atoms with E-state index in [4.69, 9.17) is 9.47 Å². The summed E-state index contributed by atoms with van der Waals surface area (Å²) in [7, 11) is 0. The Morgan fingerprint density at radius 2 is 2.00 bits per heavy atom. The van der Waals surface area contributed by atoms with Gasteiger partial charge < -0.3 is 20.1 Å². The van der Waals surface area contributed by atoms with Gasteiger partial charge in [0.05, 0.1) is 0 Å². The van der Waals surface area contributed by atoms with E-state index in [1.165, 1.54) is 6.42 Å². The number of nitrogens with one attached hydrogen (secondary N) is 2. The fourth-order valence-electron chi connectivity index (χ4n) is 4.65. The highest BCUT2D eigenvalue weighted by Gasteiger charge is 2.48. The highest BCUT2D eigenvalue weighted by Crippen LogP contribution is 2.34. The van der Waals surface area contributed by atoms with Crippen molar-refractivity contribution in [3.63, 3.8) is 0 Å². The lowest BCUT2D eigenvalue weighted by molar-refractivity contribution is -0.135. The zero-order valence-corrected chi connectivity index (χ0v) is 17.7. The second kappa shape index (κ2) is 7.81. The standard InChI is InChI=1S/C22H29N3O5/c1-13-5-4-6-16(14(13)2)23-19(26)11-25-20(27)22(3,24-21(25)28)10-15-7-8-17-18(9-15)30-12-29-17/h7-9,13-14,16H,4-6,10-12H2,1-3H3,(H,23,26)(H,24,28)/t13-,14+,16+,22-/m1/s1. The van der Waals surface area contributed by atoms with Crippen LogP contribution in [0.5, 0.6) is 11.5 Å². The molecule has 162 valence electrons. The Morgan fingerprint density at radius 1 is 1.23 bits per heavy atom. The molecule has 2 heterocycles. The minimum absolute atomic E-state index is 0.0852. The molecule has 0 unspecified atom stereocenters. The van der Waals surface area contributed by atoms with E-state index in [1.54, 1.807) is 13.0 Å². The zero-order chi connectivity index (χ0) is 21.5. The first-order valence-electron chi connectivity index (χ1n) is 10.6. The predicted molar refractivity (Wildman–Crippen MR) is 109 cm³/mol. The van der Waals surface area contributed by atoms with Gasteiger partial charge in [0, 0.05) is 12.5 Å². The minimum atomic E-state index is -1.11. The van der Waals surface area contributed by atoms with Crippen LogP contribution < -0.4 is 20.1 Å². The Kier molecular flexibility index (Phi) is 5.34. The summed E-state index contributed by atoms with van der Waals surface area (Å²) in [6.45, 7) is 5.93. The molecule has 8 nitrogen and oxygen atoms in total. The summed E-state index contributed by atoms with van der Waals surface area (Å²) in [5.41, 5.74) is -0.274. The second-order valence-electron chi connectivity index (χ2n) is 8.96. The van der Waals surface area contributed by atoms with Gasteiger partial charge >= 0.3 is 6.03 Å². The van der Waals surface area contributed by atoms with Gasteiger partial charge in [0.1, 0.15) is 12.1 Å². The van der Waals surface area contributed by atoms with E-state index in [0.29, 0.717) is 29.8 Å². The van der Waals surface area contributed by atoms with Gasteiger partial charge in [0.15, 0.2) is 11.5 Å². The van der Waals surface area contributed by atoms with E-state index in [9.17, 15) is 14.4 Å². The van der Waals surface area contributed by atoms with Crippen LogP contribution in [0.4, 0.5) is 4.79 Å². The molecule has 0 spiro atoms. The Balaban J connectivity index is 1.40. The van der Waals surface area contributed by atoms with Crippen LogP contribution in [0, 0.1) is 11.8 Å². The molecular formula is C22H29N3O5. The monoisotopic (exact) mass is 415 g/mol. The van der Waals surface area contributed by atoms with Gasteiger partial charge in [-0.1, -0.05) is 32.8 Å². The fraction of sp³-hybridized carbons (Fsp3) is 0.591. The number of carbonyl (C=O) groups excluding carboxylic acids is 3. The number of fused-ring (bicyclic) bond motifs is 1. The summed E-state index contributed by atoms with van der Waals surface area (Å²) in [5, 5.41) is 5.79. The number of ether oxygens (including phenoxy) is 2. The number of carbonyl (C=O) groups is 3. The first kappa shape index (κ1) is 20.5. The molecule has 2 fully saturated rings. The van der Waals surface area contributed by atoms with E-state index in [-0.39, 0.29) is 25.3 Å². The maximum atomic E-state index is 13.0. The molecule has 3 aliphatic rings. The summed E-state index contributed by atoms with van der Waals surface area (Å²) in [5.74, 6) is 1.52. The topological polar surface area (TPSA) is 97.0 Å². The molecule has 4 rings (SSSR count). The van der Waals surface area contributed by atoms with Crippen LogP contribution in [-0.2, 0) is 16.0 Å². The van der Waals surface area contributed by atoms with E-state index in [0.717, 1.165) is 23.3 Å². The lowest BCUT2D eigenvalue weighted by atomic mass is 9.78. The number of benzene rings is 1. The number of hydrogen-bond acceptors (Lipinski definition) is 5. The van der Waals surface area contributed by atoms with Gasteiger partial charge in [-0.3, -0.25) is 14.5 Å². The number of hydrogen-bond donors (Lipinski definition) is 2. The molecule has 30 heavy (non-hydrogen) atoms. The third kappa shape index (κ3) is 3.82. The van der Waals surface area contributed by atoms with Crippen molar-refractivity contribution in [3.8, 4) is 11.5 Å². The maximum Gasteiger partial charge on any atom is 0.325 e. The number of amides is 4. The van der Waals surface area contributed by atoms with Crippen molar-refractivity contribution in [2.75, 3.05) is 13.3 Å². The maximum absolute atomic E-state index is 13.0. The van der Waals surface area contributed by atoms with Gasteiger partial charge in [0.2, 0.25) is 12.7 Å². The predicted octanol–water partition coefficient (Wildman–Crippen LogP) is 2.21. The smallest absolute Gasteiger partial charge is 0.325 e. The third-order valence-electron chi connectivity index (χ3n) is 6.69. The second-order valence-corrected chi connectivity index (χ2v) is 8.96. The lowest BCUT2D eigenvalue weighted by Gasteiger charge is -2.34. The van der Waals surface area contributed by atoms with Crippen molar-refractivity contribution < 1.29 is 23.9 Å². The molecule has 2 N–H and O–H groups in total. The Morgan fingerprint density at radius 3 is 2.80 bits per heavy atom. The van der Waals surface area contributed by atoms with Crippen molar-refractivity contribution >= 4 is 17.8 Å². The fourth-order valence-corrected chi connectivity index (χ4v) is 4.65. The summed E-state index contributed by atoms with van der Waals surface area (Å²) in [6, 6.07) is 5.00. The van der Waals surface area contributed by atoms with Crippen molar-refractivity contribution in [1.29, 1.82) is 0 Å². The molecule has 1 aromatic carbocycles. The largest absolute Gasteiger partial charge is 0.454 e. The molecule has 1 aromatic rings. The zero-order valence-electron chi connectivity index (χ0n) is 17.7.